The van der Waals surface area contributed by atoms with Gasteiger partial charge in [0.05, 0.1) is 18.2 Å². The standard InChI is InChI=1S/C20H26N2O4/c1-13-16-5-3-4-6-17(16)26-18(13)14(2)21-19(23)22-15-7-9-25-20(11-15)8-10-24-12-20/h3-6,14-15H,7-12H2,1-2H3,(H2,21,22,23)/t14-,15?,20?/m0/s1. The van der Waals surface area contributed by atoms with Crippen molar-refractivity contribution in [1.82, 2.24) is 10.6 Å². The van der Waals surface area contributed by atoms with Crippen molar-refractivity contribution in [2.45, 2.75) is 50.8 Å². The molecule has 2 aliphatic rings. The molecule has 0 bridgehead atoms. The quantitative estimate of drug-likeness (QED) is 0.882. The summed E-state index contributed by atoms with van der Waals surface area (Å²) in [6.07, 6.45) is 2.53. The van der Waals surface area contributed by atoms with Gasteiger partial charge in [-0.2, -0.15) is 0 Å². The van der Waals surface area contributed by atoms with Gasteiger partial charge in [-0.15, -0.1) is 0 Å². The van der Waals surface area contributed by atoms with Crippen molar-refractivity contribution >= 4 is 17.0 Å². The number of nitrogens with one attached hydrogen (secondary N) is 2. The molecule has 3 heterocycles. The largest absolute Gasteiger partial charge is 0.459 e. The Labute approximate surface area is 153 Å². The van der Waals surface area contributed by atoms with Crippen molar-refractivity contribution in [2.24, 2.45) is 0 Å². The number of furan rings is 1. The number of hydrogen-bond donors (Lipinski definition) is 2. The van der Waals surface area contributed by atoms with Crippen LogP contribution in [0.1, 0.15) is 43.6 Å². The Morgan fingerprint density at radius 1 is 1.31 bits per heavy atom. The summed E-state index contributed by atoms with van der Waals surface area (Å²) in [6, 6.07) is 7.67. The molecule has 2 fully saturated rings. The molecule has 2 aromatic rings. The molecule has 0 aliphatic carbocycles. The number of amides is 2. The SMILES string of the molecule is Cc1c([C@H](C)NC(=O)NC2CCOC3(CCOC3)C2)oc2ccccc12. The van der Waals surface area contributed by atoms with E-state index in [-0.39, 0.29) is 23.7 Å². The summed E-state index contributed by atoms with van der Waals surface area (Å²) >= 11 is 0. The molecule has 2 amide bonds. The molecule has 3 atom stereocenters. The van der Waals surface area contributed by atoms with Gasteiger partial charge < -0.3 is 24.5 Å². The van der Waals surface area contributed by atoms with Gasteiger partial charge in [-0.05, 0) is 32.8 Å². The summed E-state index contributed by atoms with van der Waals surface area (Å²) in [4.78, 5) is 12.5. The number of urea groups is 1. The van der Waals surface area contributed by atoms with Crippen LogP contribution in [0.2, 0.25) is 0 Å². The van der Waals surface area contributed by atoms with Crippen LogP contribution in [-0.2, 0) is 9.47 Å². The minimum atomic E-state index is -0.211. The average molecular weight is 358 g/mol. The maximum atomic E-state index is 12.5. The van der Waals surface area contributed by atoms with Crippen LogP contribution >= 0.6 is 0 Å². The van der Waals surface area contributed by atoms with E-state index < -0.39 is 0 Å². The van der Waals surface area contributed by atoms with E-state index in [2.05, 4.69) is 10.6 Å². The van der Waals surface area contributed by atoms with Gasteiger partial charge in [-0.3, -0.25) is 0 Å². The lowest BCUT2D eigenvalue weighted by molar-refractivity contribution is -0.0878. The Morgan fingerprint density at radius 2 is 2.15 bits per heavy atom. The molecule has 2 N–H and O–H groups in total. The lowest BCUT2D eigenvalue weighted by Gasteiger charge is -2.37. The molecule has 6 nitrogen and oxygen atoms in total. The van der Waals surface area contributed by atoms with E-state index in [1.807, 2.05) is 38.1 Å². The number of benzene rings is 1. The van der Waals surface area contributed by atoms with Crippen molar-refractivity contribution < 1.29 is 18.7 Å². The summed E-state index contributed by atoms with van der Waals surface area (Å²) in [6.45, 7) is 6.00. The molecule has 6 heteroatoms. The topological polar surface area (TPSA) is 72.7 Å². The smallest absolute Gasteiger partial charge is 0.315 e. The Kier molecular flexibility index (Phi) is 4.63. The number of ether oxygens (including phenoxy) is 2. The number of aryl methyl sites for hydroxylation is 1. The minimum Gasteiger partial charge on any atom is -0.459 e. The van der Waals surface area contributed by atoms with Crippen LogP contribution in [0, 0.1) is 6.92 Å². The third-order valence-corrected chi connectivity index (χ3v) is 5.52. The predicted octanol–water partition coefficient (Wildman–Crippen LogP) is 3.44. The second kappa shape index (κ2) is 6.93. The molecule has 4 rings (SSSR count). The van der Waals surface area contributed by atoms with Gasteiger partial charge in [-0.25, -0.2) is 4.79 Å². The van der Waals surface area contributed by atoms with Gasteiger partial charge in [0, 0.05) is 36.6 Å². The summed E-state index contributed by atoms with van der Waals surface area (Å²) in [5.74, 6) is 0.800. The Hall–Kier alpha value is -2.05. The van der Waals surface area contributed by atoms with Crippen molar-refractivity contribution in [2.75, 3.05) is 19.8 Å². The van der Waals surface area contributed by atoms with Gasteiger partial charge in [0.15, 0.2) is 0 Å². The van der Waals surface area contributed by atoms with Crippen molar-refractivity contribution in [3.05, 3.63) is 35.6 Å². The highest BCUT2D eigenvalue weighted by atomic mass is 16.6. The molecule has 1 spiro atoms. The summed E-state index contributed by atoms with van der Waals surface area (Å²) < 4.78 is 17.4. The van der Waals surface area contributed by atoms with Crippen molar-refractivity contribution in [3.63, 3.8) is 0 Å². The molecule has 2 saturated heterocycles. The molecule has 1 aromatic heterocycles. The van der Waals surface area contributed by atoms with Gasteiger partial charge in [0.25, 0.3) is 0 Å². The van der Waals surface area contributed by atoms with Crippen LogP contribution in [0.15, 0.2) is 28.7 Å². The van der Waals surface area contributed by atoms with Gasteiger partial charge in [-0.1, -0.05) is 18.2 Å². The van der Waals surface area contributed by atoms with Crippen LogP contribution in [0.5, 0.6) is 0 Å². The first kappa shape index (κ1) is 17.4. The number of carbonyl (C=O) groups is 1. The van der Waals surface area contributed by atoms with Crippen molar-refractivity contribution in [1.29, 1.82) is 0 Å². The van der Waals surface area contributed by atoms with Gasteiger partial charge >= 0.3 is 6.03 Å². The summed E-state index contributed by atoms with van der Waals surface area (Å²) in [7, 11) is 0. The first-order chi connectivity index (χ1) is 12.6. The van der Waals surface area contributed by atoms with Crippen LogP contribution in [0.25, 0.3) is 11.0 Å². The molecule has 26 heavy (non-hydrogen) atoms. The van der Waals surface area contributed by atoms with Gasteiger partial charge in [0.2, 0.25) is 0 Å². The van der Waals surface area contributed by atoms with Crippen LogP contribution < -0.4 is 10.6 Å². The number of hydrogen-bond acceptors (Lipinski definition) is 4. The van der Waals surface area contributed by atoms with Crippen LogP contribution in [-0.4, -0.2) is 37.5 Å². The fraction of sp³-hybridized carbons (Fsp3) is 0.550. The molecular weight excluding hydrogens is 332 g/mol. The fourth-order valence-corrected chi connectivity index (χ4v) is 4.11. The second-order valence-electron chi connectivity index (χ2n) is 7.45. The third-order valence-electron chi connectivity index (χ3n) is 5.52. The van der Waals surface area contributed by atoms with E-state index >= 15 is 0 Å². The zero-order chi connectivity index (χ0) is 18.1. The lowest BCUT2D eigenvalue weighted by atomic mass is 9.90. The monoisotopic (exact) mass is 358 g/mol. The molecule has 0 saturated carbocycles. The predicted molar refractivity (Wildman–Crippen MR) is 98.2 cm³/mol. The van der Waals surface area contributed by atoms with Crippen LogP contribution in [0.3, 0.4) is 0 Å². The maximum Gasteiger partial charge on any atom is 0.315 e. The molecular formula is C20H26N2O4. The average Bonchev–Trinajstić information content (AvgIpc) is 3.20. The van der Waals surface area contributed by atoms with E-state index in [0.29, 0.717) is 13.2 Å². The second-order valence-corrected chi connectivity index (χ2v) is 7.45. The highest BCUT2D eigenvalue weighted by Crippen LogP contribution is 2.33. The first-order valence-corrected chi connectivity index (χ1v) is 9.33. The van der Waals surface area contributed by atoms with Gasteiger partial charge in [0.1, 0.15) is 11.3 Å². The van der Waals surface area contributed by atoms with E-state index in [9.17, 15) is 4.79 Å². The van der Waals surface area contributed by atoms with E-state index in [1.165, 1.54) is 0 Å². The first-order valence-electron chi connectivity index (χ1n) is 9.33. The summed E-state index contributed by atoms with van der Waals surface area (Å²) in [5, 5.41) is 7.19. The zero-order valence-electron chi connectivity index (χ0n) is 15.3. The molecule has 0 radical (unpaired) electrons. The molecule has 140 valence electrons. The van der Waals surface area contributed by atoms with E-state index in [0.717, 1.165) is 48.2 Å². The third kappa shape index (κ3) is 3.31. The number of carbonyl (C=O) groups excluding carboxylic acids is 1. The summed E-state index contributed by atoms with van der Waals surface area (Å²) in [5.41, 5.74) is 1.71. The number of rotatable bonds is 3. The maximum absolute atomic E-state index is 12.5. The van der Waals surface area contributed by atoms with E-state index in [1.54, 1.807) is 0 Å². The minimum absolute atomic E-state index is 0.106. The molecule has 2 unspecified atom stereocenters. The lowest BCUT2D eigenvalue weighted by Crippen LogP contribution is -2.51. The Bertz CT molecular complexity index is 794. The van der Waals surface area contributed by atoms with Crippen LogP contribution in [0.4, 0.5) is 4.79 Å². The fourth-order valence-electron chi connectivity index (χ4n) is 4.11. The zero-order valence-corrected chi connectivity index (χ0v) is 15.3. The highest BCUT2D eigenvalue weighted by molar-refractivity contribution is 5.82. The Balaban J connectivity index is 1.38. The normalized spacial score (nSPS) is 26.9. The van der Waals surface area contributed by atoms with E-state index in [4.69, 9.17) is 13.9 Å². The molecule has 2 aliphatic heterocycles. The Morgan fingerprint density at radius 3 is 2.92 bits per heavy atom. The molecule has 1 aromatic carbocycles. The number of fused-ring (bicyclic) bond motifs is 1. The highest BCUT2D eigenvalue weighted by Gasteiger charge is 2.41. The van der Waals surface area contributed by atoms with Crippen molar-refractivity contribution in [3.8, 4) is 0 Å². The number of para-hydroxylation sites is 1.